The van der Waals surface area contributed by atoms with Gasteiger partial charge in [-0.2, -0.15) is 0 Å². The molecule has 0 aromatic heterocycles. The van der Waals surface area contributed by atoms with Crippen molar-refractivity contribution in [3.63, 3.8) is 0 Å². The van der Waals surface area contributed by atoms with E-state index in [4.69, 9.17) is 10.4 Å². The van der Waals surface area contributed by atoms with Crippen molar-refractivity contribution in [2.75, 3.05) is 0 Å². The van der Waals surface area contributed by atoms with Crippen LogP contribution in [0.1, 0.15) is 13.3 Å². The summed E-state index contributed by atoms with van der Waals surface area (Å²) in [5.41, 5.74) is 0.354. The Labute approximate surface area is 47.1 Å². The second kappa shape index (κ2) is 4.11. The Morgan fingerprint density at radius 3 is 2.38 bits per heavy atom. The van der Waals surface area contributed by atoms with E-state index < -0.39 is 0 Å². The second-order valence-corrected chi connectivity index (χ2v) is 1.19. The highest BCUT2D eigenvalue weighted by molar-refractivity contribution is 6.30. The summed E-state index contributed by atoms with van der Waals surface area (Å²) in [4.78, 5) is 0. The Kier molecular flexibility index (Phi) is 3.56. The fraction of sp³-hybridized carbons (Fsp3) is 0.500. The van der Waals surface area contributed by atoms with Crippen LogP contribution in [0, 0.1) is 0 Å². The molecule has 0 bridgehead atoms. The maximum atomic E-state index is 8.04. The predicted molar refractivity (Wildman–Crippen MR) is 29.8 cm³/mol. The van der Waals surface area contributed by atoms with Gasteiger partial charge in [-0.1, -0.05) is 17.2 Å². The molecule has 0 aromatic rings. The van der Waals surface area contributed by atoms with E-state index in [1.807, 2.05) is 0 Å². The SMILES string of the molecule is CCC(C=NO)=NO. The lowest BCUT2D eigenvalue weighted by Crippen LogP contribution is -1.96. The molecular weight excluding hydrogens is 108 g/mol. The van der Waals surface area contributed by atoms with E-state index in [1.54, 1.807) is 6.92 Å². The third-order valence-electron chi connectivity index (χ3n) is 0.697. The zero-order valence-corrected chi connectivity index (χ0v) is 4.57. The first-order chi connectivity index (χ1) is 3.85. The molecule has 0 heterocycles. The summed E-state index contributed by atoms with van der Waals surface area (Å²) in [5.74, 6) is 0. The molecule has 0 atom stereocenters. The monoisotopic (exact) mass is 116 g/mol. The fourth-order valence-electron chi connectivity index (χ4n) is 0.254. The van der Waals surface area contributed by atoms with Gasteiger partial charge >= 0.3 is 0 Å². The maximum absolute atomic E-state index is 8.04. The standard InChI is InChI=1S/C4H8N2O2/c1-2-4(6-8)3-5-7/h3,7-8H,2H2,1H3. The molecule has 0 unspecified atom stereocenters. The van der Waals surface area contributed by atoms with Gasteiger partial charge in [-0.15, -0.1) is 0 Å². The van der Waals surface area contributed by atoms with Crippen molar-refractivity contribution in [3.8, 4) is 0 Å². The lowest BCUT2D eigenvalue weighted by Gasteiger charge is -1.84. The number of nitrogens with zero attached hydrogens (tertiary/aromatic N) is 2. The normalized spacial score (nSPS) is 12.9. The Morgan fingerprint density at radius 2 is 2.25 bits per heavy atom. The number of hydrogen-bond donors (Lipinski definition) is 2. The van der Waals surface area contributed by atoms with Crippen LogP contribution in [0.4, 0.5) is 0 Å². The minimum absolute atomic E-state index is 0.354. The molecule has 0 fully saturated rings. The molecule has 0 aliphatic rings. The molecule has 4 nitrogen and oxygen atoms in total. The van der Waals surface area contributed by atoms with Crippen LogP contribution in [0.2, 0.25) is 0 Å². The highest BCUT2D eigenvalue weighted by Crippen LogP contribution is 1.78. The van der Waals surface area contributed by atoms with Crippen molar-refractivity contribution in [2.24, 2.45) is 10.3 Å². The lowest BCUT2D eigenvalue weighted by atomic mass is 10.3. The zero-order valence-electron chi connectivity index (χ0n) is 4.57. The van der Waals surface area contributed by atoms with Crippen molar-refractivity contribution in [2.45, 2.75) is 13.3 Å². The zero-order chi connectivity index (χ0) is 6.41. The van der Waals surface area contributed by atoms with Crippen molar-refractivity contribution in [1.82, 2.24) is 0 Å². The number of hydrogen-bond acceptors (Lipinski definition) is 4. The van der Waals surface area contributed by atoms with Crippen LogP contribution in [0.25, 0.3) is 0 Å². The van der Waals surface area contributed by atoms with Crippen LogP contribution in [0.5, 0.6) is 0 Å². The molecule has 4 heteroatoms. The van der Waals surface area contributed by atoms with Gasteiger partial charge < -0.3 is 10.4 Å². The number of oxime groups is 2. The van der Waals surface area contributed by atoms with E-state index in [-0.39, 0.29) is 0 Å². The molecule has 8 heavy (non-hydrogen) atoms. The van der Waals surface area contributed by atoms with E-state index in [0.29, 0.717) is 12.1 Å². The highest BCUT2D eigenvalue weighted by atomic mass is 16.4. The molecule has 0 radical (unpaired) electrons. The van der Waals surface area contributed by atoms with Crippen LogP contribution in [-0.4, -0.2) is 22.3 Å². The average Bonchev–Trinajstić information content (AvgIpc) is 1.83. The quantitative estimate of drug-likeness (QED) is 0.316. The molecule has 0 spiro atoms. The Bertz CT molecular complexity index is 106. The Balaban J connectivity index is 3.72. The lowest BCUT2D eigenvalue weighted by molar-refractivity contribution is 0.315. The largest absolute Gasteiger partial charge is 0.411 e. The maximum Gasteiger partial charge on any atom is 0.101 e. The first kappa shape index (κ1) is 6.94. The summed E-state index contributed by atoms with van der Waals surface area (Å²) in [6, 6.07) is 0. The Hall–Kier alpha value is -1.06. The molecular formula is C4H8N2O2. The fourth-order valence-corrected chi connectivity index (χ4v) is 0.254. The summed E-state index contributed by atoms with van der Waals surface area (Å²) in [6.07, 6.45) is 1.64. The molecule has 0 saturated heterocycles. The molecule has 0 rings (SSSR count). The van der Waals surface area contributed by atoms with Gasteiger partial charge in [0.1, 0.15) is 5.71 Å². The van der Waals surface area contributed by atoms with Gasteiger partial charge in [0.05, 0.1) is 6.21 Å². The van der Waals surface area contributed by atoms with Gasteiger partial charge in [0.25, 0.3) is 0 Å². The third-order valence-corrected chi connectivity index (χ3v) is 0.697. The molecule has 0 amide bonds. The first-order valence-electron chi connectivity index (χ1n) is 2.23. The van der Waals surface area contributed by atoms with Gasteiger partial charge in [-0.3, -0.25) is 0 Å². The second-order valence-electron chi connectivity index (χ2n) is 1.19. The summed E-state index contributed by atoms with van der Waals surface area (Å²) < 4.78 is 0. The van der Waals surface area contributed by atoms with Crippen LogP contribution in [0.15, 0.2) is 10.3 Å². The van der Waals surface area contributed by atoms with Crippen molar-refractivity contribution >= 4 is 11.9 Å². The van der Waals surface area contributed by atoms with E-state index in [2.05, 4.69) is 10.3 Å². The van der Waals surface area contributed by atoms with Crippen molar-refractivity contribution in [1.29, 1.82) is 0 Å². The van der Waals surface area contributed by atoms with Gasteiger partial charge in [-0.25, -0.2) is 0 Å². The van der Waals surface area contributed by atoms with Crippen LogP contribution < -0.4 is 0 Å². The molecule has 0 saturated carbocycles. The topological polar surface area (TPSA) is 65.2 Å². The minimum atomic E-state index is 0.354. The van der Waals surface area contributed by atoms with E-state index >= 15 is 0 Å². The van der Waals surface area contributed by atoms with E-state index in [9.17, 15) is 0 Å². The van der Waals surface area contributed by atoms with E-state index in [1.165, 1.54) is 0 Å². The van der Waals surface area contributed by atoms with Gasteiger partial charge in [0.15, 0.2) is 0 Å². The summed E-state index contributed by atoms with van der Waals surface area (Å²) in [6.45, 7) is 1.79. The summed E-state index contributed by atoms with van der Waals surface area (Å²) in [7, 11) is 0. The minimum Gasteiger partial charge on any atom is -0.411 e. The predicted octanol–water partition coefficient (Wildman–Crippen LogP) is 0.687. The molecule has 0 aromatic carbocycles. The van der Waals surface area contributed by atoms with Gasteiger partial charge in [0.2, 0.25) is 0 Å². The van der Waals surface area contributed by atoms with Crippen LogP contribution in [0.3, 0.4) is 0 Å². The first-order valence-corrected chi connectivity index (χ1v) is 2.23. The van der Waals surface area contributed by atoms with Crippen LogP contribution in [-0.2, 0) is 0 Å². The molecule has 2 N–H and O–H groups in total. The molecule has 0 aliphatic carbocycles. The smallest absolute Gasteiger partial charge is 0.101 e. The third kappa shape index (κ3) is 2.17. The van der Waals surface area contributed by atoms with Crippen molar-refractivity contribution < 1.29 is 10.4 Å². The molecule has 0 aliphatic heterocycles. The van der Waals surface area contributed by atoms with Gasteiger partial charge in [-0.05, 0) is 6.42 Å². The number of rotatable bonds is 2. The van der Waals surface area contributed by atoms with Gasteiger partial charge in [0, 0.05) is 0 Å². The summed E-state index contributed by atoms with van der Waals surface area (Å²) >= 11 is 0. The average molecular weight is 116 g/mol. The van der Waals surface area contributed by atoms with Crippen molar-refractivity contribution in [3.05, 3.63) is 0 Å². The van der Waals surface area contributed by atoms with E-state index in [0.717, 1.165) is 6.21 Å². The Morgan fingerprint density at radius 1 is 1.62 bits per heavy atom. The molecule has 46 valence electrons. The van der Waals surface area contributed by atoms with Crippen LogP contribution >= 0.6 is 0 Å². The summed E-state index contributed by atoms with van der Waals surface area (Å²) in [5, 5.41) is 21.4. The highest BCUT2D eigenvalue weighted by Gasteiger charge is 1.87.